The Labute approximate surface area is 141 Å². The molecule has 1 aromatic carbocycles. The van der Waals surface area contributed by atoms with Gasteiger partial charge in [0, 0.05) is 11.6 Å². The number of carbonyl (C=O) groups is 3. The summed E-state index contributed by atoms with van der Waals surface area (Å²) in [4.78, 5) is 34.8. The van der Waals surface area contributed by atoms with Crippen molar-refractivity contribution in [1.82, 2.24) is 5.32 Å². The summed E-state index contributed by atoms with van der Waals surface area (Å²) in [5.74, 6) is -2.35. The number of alkyl halides is 3. The Morgan fingerprint density at radius 2 is 1.88 bits per heavy atom. The van der Waals surface area contributed by atoms with Crippen LogP contribution in [-0.2, 0) is 25.2 Å². The van der Waals surface area contributed by atoms with Crippen LogP contribution in [0, 0.1) is 0 Å². The first-order valence-electron chi connectivity index (χ1n) is 6.99. The minimum absolute atomic E-state index is 0.105. The van der Waals surface area contributed by atoms with Gasteiger partial charge >= 0.3 is 18.1 Å². The average molecular weight is 359 g/mol. The van der Waals surface area contributed by atoms with E-state index < -0.39 is 35.6 Å². The first-order chi connectivity index (χ1) is 11.7. The van der Waals surface area contributed by atoms with Gasteiger partial charge in [0.1, 0.15) is 6.04 Å². The van der Waals surface area contributed by atoms with E-state index in [0.29, 0.717) is 6.07 Å². The number of methoxy groups -OCH3 is 2. The highest BCUT2D eigenvalue weighted by Gasteiger charge is 2.31. The van der Waals surface area contributed by atoms with Gasteiger partial charge in [-0.15, -0.1) is 0 Å². The summed E-state index contributed by atoms with van der Waals surface area (Å²) < 4.78 is 47.0. The number of rotatable bonds is 6. The normalized spacial score (nSPS) is 12.5. The van der Waals surface area contributed by atoms with Gasteiger partial charge < -0.3 is 14.8 Å². The lowest BCUT2D eigenvalue weighted by molar-refractivity contribution is -0.143. The van der Waals surface area contributed by atoms with Crippen LogP contribution in [0.3, 0.4) is 0 Å². The molecule has 1 N–H and O–H groups in total. The Morgan fingerprint density at radius 1 is 1.20 bits per heavy atom. The molecule has 1 atom stereocenters. The fourth-order valence-electron chi connectivity index (χ4n) is 1.80. The van der Waals surface area contributed by atoms with Crippen molar-refractivity contribution >= 4 is 17.8 Å². The molecule has 0 fully saturated rings. The second-order valence-corrected chi connectivity index (χ2v) is 4.79. The molecule has 9 heteroatoms. The molecule has 0 aliphatic carbocycles. The Bertz CT molecular complexity index is 670. The van der Waals surface area contributed by atoms with Gasteiger partial charge in [0.2, 0.25) is 0 Å². The van der Waals surface area contributed by atoms with Crippen molar-refractivity contribution in [2.24, 2.45) is 0 Å². The summed E-state index contributed by atoms with van der Waals surface area (Å²) in [5.41, 5.74) is -1.25. The Kier molecular flexibility index (Phi) is 7.16. The predicted molar refractivity (Wildman–Crippen MR) is 80.5 cm³/mol. The lowest BCUT2D eigenvalue weighted by Crippen LogP contribution is -2.41. The zero-order valence-electron chi connectivity index (χ0n) is 13.4. The third-order valence-electron chi connectivity index (χ3n) is 3.07. The molecule has 0 bridgehead atoms. The minimum atomic E-state index is -4.60. The van der Waals surface area contributed by atoms with E-state index in [1.54, 1.807) is 0 Å². The second kappa shape index (κ2) is 8.86. The third kappa shape index (κ3) is 6.28. The van der Waals surface area contributed by atoms with Crippen molar-refractivity contribution in [2.45, 2.75) is 18.6 Å². The number of halogens is 3. The lowest BCUT2D eigenvalue weighted by Gasteiger charge is -2.15. The molecule has 1 amide bonds. The number of nitrogens with one attached hydrogen (secondary N) is 1. The first-order valence-corrected chi connectivity index (χ1v) is 6.99. The first kappa shape index (κ1) is 20.2. The molecule has 1 aromatic rings. The van der Waals surface area contributed by atoms with Crippen LogP contribution in [0.5, 0.6) is 0 Å². The van der Waals surface area contributed by atoms with Gasteiger partial charge in [-0.05, 0) is 24.6 Å². The van der Waals surface area contributed by atoms with Gasteiger partial charge in [-0.2, -0.15) is 13.2 Å². The summed E-state index contributed by atoms with van der Waals surface area (Å²) in [5, 5.41) is 2.27. The molecule has 0 aliphatic heterocycles. The van der Waals surface area contributed by atoms with E-state index in [9.17, 15) is 27.6 Å². The zero-order chi connectivity index (χ0) is 19.0. The molecule has 0 radical (unpaired) electrons. The molecule has 0 aromatic heterocycles. The van der Waals surface area contributed by atoms with Crippen LogP contribution in [0.15, 0.2) is 36.4 Å². The molecule has 136 valence electrons. The molecular formula is C16H16F3NO5. The largest absolute Gasteiger partial charge is 0.467 e. The van der Waals surface area contributed by atoms with E-state index in [2.05, 4.69) is 14.8 Å². The third-order valence-corrected chi connectivity index (χ3v) is 3.07. The van der Waals surface area contributed by atoms with E-state index in [1.807, 2.05) is 0 Å². The SMILES string of the molecule is COC(=O)/C=C/C[C@@H](NC(=O)c1cccc(C(F)(F)F)c1)C(=O)OC. The quantitative estimate of drug-likeness (QED) is 0.621. The number of benzene rings is 1. The summed E-state index contributed by atoms with van der Waals surface area (Å²) in [6.07, 6.45) is -2.38. The monoisotopic (exact) mass is 359 g/mol. The van der Waals surface area contributed by atoms with Crippen molar-refractivity contribution in [1.29, 1.82) is 0 Å². The standard InChI is InChI=1S/C16H16F3NO5/c1-24-13(21)8-4-7-12(15(23)25-2)20-14(22)10-5-3-6-11(9-10)16(17,18)19/h3-6,8-9,12H,7H2,1-2H3,(H,20,22)/b8-4+/t12-/m1/s1. The van der Waals surface area contributed by atoms with E-state index in [4.69, 9.17) is 0 Å². The number of carbonyl (C=O) groups excluding carboxylic acids is 3. The number of esters is 2. The molecule has 1 rings (SSSR count). The van der Waals surface area contributed by atoms with Crippen LogP contribution in [0.25, 0.3) is 0 Å². The molecular weight excluding hydrogens is 343 g/mol. The van der Waals surface area contributed by atoms with Gasteiger partial charge in [-0.25, -0.2) is 9.59 Å². The zero-order valence-corrected chi connectivity index (χ0v) is 13.4. The maximum Gasteiger partial charge on any atom is 0.416 e. The molecule has 6 nitrogen and oxygen atoms in total. The second-order valence-electron chi connectivity index (χ2n) is 4.79. The van der Waals surface area contributed by atoms with Gasteiger partial charge in [0.25, 0.3) is 5.91 Å². The van der Waals surface area contributed by atoms with Crippen molar-refractivity contribution < 1.29 is 37.0 Å². The Balaban J connectivity index is 2.90. The number of hydrogen-bond donors (Lipinski definition) is 1. The average Bonchev–Trinajstić information content (AvgIpc) is 2.59. The molecule has 0 heterocycles. The van der Waals surface area contributed by atoms with Crippen LogP contribution in [0.1, 0.15) is 22.3 Å². The fourth-order valence-corrected chi connectivity index (χ4v) is 1.80. The summed E-state index contributed by atoms with van der Waals surface area (Å²) in [6.45, 7) is 0. The number of hydrogen-bond acceptors (Lipinski definition) is 5. The van der Waals surface area contributed by atoms with Crippen LogP contribution in [0.2, 0.25) is 0 Å². The number of ether oxygens (including phenoxy) is 2. The Morgan fingerprint density at radius 3 is 2.44 bits per heavy atom. The Hall–Kier alpha value is -2.84. The van der Waals surface area contributed by atoms with Crippen molar-refractivity contribution in [3.05, 3.63) is 47.5 Å². The summed E-state index contributed by atoms with van der Waals surface area (Å²) in [7, 11) is 2.26. The predicted octanol–water partition coefficient (Wildman–Crippen LogP) is 2.10. The van der Waals surface area contributed by atoms with Gasteiger partial charge in [0.05, 0.1) is 19.8 Å². The van der Waals surface area contributed by atoms with E-state index in [0.717, 1.165) is 25.3 Å². The smallest absolute Gasteiger partial charge is 0.416 e. The highest BCUT2D eigenvalue weighted by atomic mass is 19.4. The maximum atomic E-state index is 12.7. The van der Waals surface area contributed by atoms with E-state index >= 15 is 0 Å². The van der Waals surface area contributed by atoms with Crippen molar-refractivity contribution in [2.75, 3.05) is 14.2 Å². The topological polar surface area (TPSA) is 81.7 Å². The molecule has 0 saturated carbocycles. The lowest BCUT2D eigenvalue weighted by atomic mass is 10.1. The highest BCUT2D eigenvalue weighted by Crippen LogP contribution is 2.29. The van der Waals surface area contributed by atoms with Crippen LogP contribution < -0.4 is 5.32 Å². The summed E-state index contributed by atoms with van der Waals surface area (Å²) >= 11 is 0. The van der Waals surface area contributed by atoms with Crippen LogP contribution >= 0.6 is 0 Å². The van der Waals surface area contributed by atoms with Crippen LogP contribution in [0.4, 0.5) is 13.2 Å². The van der Waals surface area contributed by atoms with Crippen molar-refractivity contribution in [3.8, 4) is 0 Å². The number of amides is 1. The molecule has 25 heavy (non-hydrogen) atoms. The van der Waals surface area contributed by atoms with Gasteiger partial charge in [-0.3, -0.25) is 4.79 Å². The maximum absolute atomic E-state index is 12.7. The fraction of sp³-hybridized carbons (Fsp3) is 0.312. The van der Waals surface area contributed by atoms with Gasteiger partial charge in [0.15, 0.2) is 0 Å². The van der Waals surface area contributed by atoms with E-state index in [1.165, 1.54) is 19.3 Å². The highest BCUT2D eigenvalue weighted by molar-refractivity contribution is 5.97. The van der Waals surface area contributed by atoms with Crippen molar-refractivity contribution in [3.63, 3.8) is 0 Å². The molecule has 0 aliphatic rings. The van der Waals surface area contributed by atoms with Gasteiger partial charge in [-0.1, -0.05) is 12.1 Å². The molecule has 0 saturated heterocycles. The molecule has 0 spiro atoms. The minimum Gasteiger partial charge on any atom is -0.467 e. The van der Waals surface area contributed by atoms with E-state index in [-0.39, 0.29) is 12.0 Å². The summed E-state index contributed by atoms with van der Waals surface area (Å²) in [6, 6.07) is 2.60. The van der Waals surface area contributed by atoms with Crippen LogP contribution in [-0.4, -0.2) is 38.1 Å². The molecule has 0 unspecified atom stereocenters.